The molecule has 0 aromatic rings. The Morgan fingerprint density at radius 2 is 2.19 bits per heavy atom. The fourth-order valence-electron chi connectivity index (χ4n) is 2.56. The van der Waals surface area contributed by atoms with Gasteiger partial charge < -0.3 is 15.5 Å². The van der Waals surface area contributed by atoms with Gasteiger partial charge in [-0.05, 0) is 26.2 Å². The number of hydrogen-bond acceptors (Lipinski definition) is 3. The van der Waals surface area contributed by atoms with Gasteiger partial charge in [0.2, 0.25) is 0 Å². The summed E-state index contributed by atoms with van der Waals surface area (Å²) in [5.74, 6) is -0.865. The van der Waals surface area contributed by atoms with Crippen LogP contribution in [0.1, 0.15) is 26.2 Å². The topological polar surface area (TPSA) is 66.6 Å². The molecule has 5 heteroatoms. The number of amides is 2. The third-order valence-electron chi connectivity index (χ3n) is 3.41. The lowest BCUT2D eigenvalue weighted by molar-refractivity contribution is -0.141. The molecule has 0 aromatic heterocycles. The largest absolute Gasteiger partial charge is 0.365 e. The summed E-state index contributed by atoms with van der Waals surface area (Å²) in [5, 5.41) is 0. The van der Waals surface area contributed by atoms with Gasteiger partial charge in [0.25, 0.3) is 11.8 Å². The third-order valence-corrected chi connectivity index (χ3v) is 3.41. The SMILES string of the molecule is C[C@H]1CCC[C@@H]2N(C)C=C(C(N)=O)C(=O)N21. The van der Waals surface area contributed by atoms with E-state index in [1.165, 1.54) is 0 Å². The molecule has 0 saturated carbocycles. The van der Waals surface area contributed by atoms with Crippen LogP contribution in [0.25, 0.3) is 0 Å². The van der Waals surface area contributed by atoms with Gasteiger partial charge in [-0.15, -0.1) is 0 Å². The smallest absolute Gasteiger partial charge is 0.262 e. The summed E-state index contributed by atoms with van der Waals surface area (Å²) >= 11 is 0. The molecule has 16 heavy (non-hydrogen) atoms. The highest BCUT2D eigenvalue weighted by atomic mass is 16.2. The Bertz CT molecular complexity index is 364. The van der Waals surface area contributed by atoms with Crippen molar-refractivity contribution >= 4 is 11.8 Å². The zero-order valence-corrected chi connectivity index (χ0v) is 9.64. The molecule has 0 unspecified atom stereocenters. The van der Waals surface area contributed by atoms with Gasteiger partial charge in [-0.1, -0.05) is 0 Å². The lowest BCUT2D eigenvalue weighted by Gasteiger charge is -2.47. The summed E-state index contributed by atoms with van der Waals surface area (Å²) < 4.78 is 0. The molecule has 0 radical (unpaired) electrons. The fraction of sp³-hybridized carbons (Fsp3) is 0.636. The van der Waals surface area contributed by atoms with Gasteiger partial charge in [0.15, 0.2) is 0 Å². The first-order valence-corrected chi connectivity index (χ1v) is 5.58. The molecule has 1 saturated heterocycles. The van der Waals surface area contributed by atoms with Crippen LogP contribution < -0.4 is 5.73 Å². The number of nitrogens with zero attached hydrogens (tertiary/aromatic N) is 2. The summed E-state index contributed by atoms with van der Waals surface area (Å²) in [5.41, 5.74) is 5.30. The number of rotatable bonds is 1. The maximum atomic E-state index is 12.1. The quantitative estimate of drug-likeness (QED) is 0.638. The van der Waals surface area contributed by atoms with E-state index < -0.39 is 5.91 Å². The first kappa shape index (κ1) is 11.0. The molecule has 5 nitrogen and oxygen atoms in total. The summed E-state index contributed by atoms with van der Waals surface area (Å²) in [7, 11) is 1.88. The van der Waals surface area contributed by atoms with Crippen LogP contribution in [-0.2, 0) is 9.59 Å². The number of carbonyl (C=O) groups excluding carboxylic acids is 2. The second-order valence-corrected chi connectivity index (χ2v) is 4.55. The van der Waals surface area contributed by atoms with Crippen molar-refractivity contribution in [2.75, 3.05) is 7.05 Å². The molecule has 2 heterocycles. The van der Waals surface area contributed by atoms with Crippen LogP contribution in [0.2, 0.25) is 0 Å². The van der Waals surface area contributed by atoms with Crippen LogP contribution in [0.15, 0.2) is 11.8 Å². The molecule has 2 atom stereocenters. The van der Waals surface area contributed by atoms with E-state index in [4.69, 9.17) is 5.73 Å². The van der Waals surface area contributed by atoms with E-state index in [0.717, 1.165) is 19.3 Å². The van der Waals surface area contributed by atoms with Crippen LogP contribution >= 0.6 is 0 Å². The van der Waals surface area contributed by atoms with Crippen LogP contribution in [0, 0.1) is 0 Å². The van der Waals surface area contributed by atoms with Gasteiger partial charge in [0.05, 0.1) is 0 Å². The number of fused-ring (bicyclic) bond motifs is 1. The lowest BCUT2D eigenvalue weighted by atomic mass is 9.97. The molecular weight excluding hydrogens is 206 g/mol. The molecule has 0 aromatic carbocycles. The molecule has 2 aliphatic rings. The number of primary amides is 1. The van der Waals surface area contributed by atoms with Crippen molar-refractivity contribution in [3.05, 3.63) is 11.8 Å². The maximum Gasteiger partial charge on any atom is 0.262 e. The summed E-state index contributed by atoms with van der Waals surface area (Å²) in [6.07, 6.45) is 4.71. The molecule has 2 aliphatic heterocycles. The predicted molar refractivity (Wildman–Crippen MR) is 59.0 cm³/mol. The van der Waals surface area contributed by atoms with Crippen molar-refractivity contribution in [3.63, 3.8) is 0 Å². The molecule has 0 spiro atoms. The molecule has 2 rings (SSSR count). The normalized spacial score (nSPS) is 29.9. The molecule has 2 N–H and O–H groups in total. The third kappa shape index (κ3) is 1.56. The Morgan fingerprint density at radius 3 is 2.81 bits per heavy atom. The highest BCUT2D eigenvalue weighted by Crippen LogP contribution is 2.29. The lowest BCUT2D eigenvalue weighted by Crippen LogP contribution is -2.58. The van der Waals surface area contributed by atoms with Crippen molar-refractivity contribution < 1.29 is 9.59 Å². The fourth-order valence-corrected chi connectivity index (χ4v) is 2.56. The van der Waals surface area contributed by atoms with Crippen molar-refractivity contribution in [2.24, 2.45) is 5.73 Å². The second kappa shape index (κ2) is 3.81. The zero-order chi connectivity index (χ0) is 11.9. The van der Waals surface area contributed by atoms with Crippen molar-refractivity contribution in [2.45, 2.75) is 38.4 Å². The van der Waals surface area contributed by atoms with Crippen LogP contribution in [0.5, 0.6) is 0 Å². The van der Waals surface area contributed by atoms with E-state index in [1.807, 2.05) is 18.9 Å². The Morgan fingerprint density at radius 1 is 1.50 bits per heavy atom. The standard InChI is InChI=1S/C11H17N3O2/c1-7-4-3-5-9-13(2)6-8(10(12)15)11(16)14(7)9/h6-7,9H,3-5H2,1-2H3,(H2,12,15)/t7-,9+/m0/s1. The van der Waals surface area contributed by atoms with Crippen LogP contribution in [0.3, 0.4) is 0 Å². The second-order valence-electron chi connectivity index (χ2n) is 4.55. The molecule has 2 amide bonds. The minimum Gasteiger partial charge on any atom is -0.365 e. The molecule has 0 bridgehead atoms. The van der Waals surface area contributed by atoms with Crippen LogP contribution in [-0.4, -0.2) is 40.9 Å². The Hall–Kier alpha value is -1.52. The summed E-state index contributed by atoms with van der Waals surface area (Å²) in [6.45, 7) is 2.02. The maximum absolute atomic E-state index is 12.1. The summed E-state index contributed by atoms with van der Waals surface area (Å²) in [6, 6.07) is 0.178. The van der Waals surface area contributed by atoms with E-state index in [2.05, 4.69) is 0 Å². The van der Waals surface area contributed by atoms with Gasteiger partial charge in [0.1, 0.15) is 11.7 Å². The van der Waals surface area contributed by atoms with E-state index in [-0.39, 0.29) is 23.7 Å². The number of carbonyl (C=O) groups is 2. The molecule has 0 aliphatic carbocycles. The van der Waals surface area contributed by atoms with Crippen molar-refractivity contribution in [3.8, 4) is 0 Å². The minimum absolute atomic E-state index is 0.0827. The first-order valence-electron chi connectivity index (χ1n) is 5.58. The van der Waals surface area contributed by atoms with E-state index in [1.54, 1.807) is 11.1 Å². The average molecular weight is 223 g/mol. The van der Waals surface area contributed by atoms with Crippen LogP contribution in [0.4, 0.5) is 0 Å². The molecular formula is C11H17N3O2. The Balaban J connectivity index is 2.36. The number of hydrogen-bond donors (Lipinski definition) is 1. The highest BCUT2D eigenvalue weighted by Gasteiger charge is 2.39. The number of piperidine rings is 1. The molecule has 88 valence electrons. The van der Waals surface area contributed by atoms with E-state index in [9.17, 15) is 9.59 Å². The van der Waals surface area contributed by atoms with Gasteiger partial charge >= 0.3 is 0 Å². The van der Waals surface area contributed by atoms with Crippen molar-refractivity contribution in [1.29, 1.82) is 0 Å². The van der Waals surface area contributed by atoms with Gasteiger partial charge in [-0.3, -0.25) is 9.59 Å². The monoisotopic (exact) mass is 223 g/mol. The summed E-state index contributed by atoms with van der Waals surface area (Å²) in [4.78, 5) is 27.0. The zero-order valence-electron chi connectivity index (χ0n) is 9.64. The number of nitrogens with two attached hydrogens (primary N) is 1. The van der Waals surface area contributed by atoms with Gasteiger partial charge in [0, 0.05) is 19.3 Å². The average Bonchev–Trinajstić information content (AvgIpc) is 2.22. The van der Waals surface area contributed by atoms with E-state index >= 15 is 0 Å². The predicted octanol–water partition coefficient (Wildman–Crippen LogP) is 0.0281. The minimum atomic E-state index is -0.645. The van der Waals surface area contributed by atoms with Gasteiger partial charge in [-0.2, -0.15) is 0 Å². The Labute approximate surface area is 94.9 Å². The van der Waals surface area contributed by atoms with E-state index in [0.29, 0.717) is 0 Å². The first-order chi connectivity index (χ1) is 7.52. The molecule has 1 fully saturated rings. The Kier molecular flexibility index (Phi) is 2.61. The van der Waals surface area contributed by atoms with Crippen molar-refractivity contribution in [1.82, 2.24) is 9.80 Å². The van der Waals surface area contributed by atoms with Gasteiger partial charge in [-0.25, -0.2) is 0 Å². The highest BCUT2D eigenvalue weighted by molar-refractivity contribution is 6.18.